The first-order valence-electron chi connectivity index (χ1n) is 0.383. The van der Waals surface area contributed by atoms with Crippen molar-refractivity contribution in [2.75, 3.05) is 0 Å². The Kier molecular flexibility index (Phi) is 1310. The maximum Gasteiger partial charge on any atom is 0.151 e. The van der Waals surface area contributed by atoms with Crippen LogP contribution in [0, 0.1) is 4.91 Å². The molecule has 3 N–H and O–H groups in total. The predicted molar refractivity (Wildman–Crippen MR) is 20.6 cm³/mol. The van der Waals surface area contributed by atoms with Gasteiger partial charge in [0.05, 0.1) is 0 Å². The summed E-state index contributed by atoms with van der Waals surface area (Å²) in [6.45, 7) is 0. The van der Waals surface area contributed by atoms with Gasteiger partial charge in [-0.1, -0.05) is 7.43 Å². The zero-order valence-electron chi connectivity index (χ0n) is 2.01. The van der Waals surface area contributed by atoms with Crippen LogP contribution in [0.25, 0.3) is 5.53 Å². The zero-order valence-corrected chi connectivity index (χ0v) is 2.01. The van der Waals surface area contributed by atoms with Gasteiger partial charge in [-0.2, -0.15) is 0 Å². The van der Waals surface area contributed by atoms with Crippen LogP contribution in [-0.2, 0) is 0 Å². The van der Waals surface area contributed by atoms with E-state index in [1.54, 1.807) is 0 Å². The van der Waals surface area contributed by atoms with Gasteiger partial charge in [0.15, 0.2) is 4.91 Å². The maximum atomic E-state index is 8.11. The van der Waals surface area contributed by atoms with Crippen molar-refractivity contribution in [2.24, 2.45) is 0 Å². The summed E-state index contributed by atoms with van der Waals surface area (Å²) in [7, 11) is 0. The van der Waals surface area contributed by atoms with Crippen LogP contribution in [0.5, 0.6) is 0 Å². The Balaban J connectivity index is -0.0000000200. The van der Waals surface area contributed by atoms with E-state index >= 15 is 0 Å². The second-order valence-corrected chi connectivity index (χ2v) is 0.0816. The highest BCUT2D eigenvalue weighted by atomic mass is 16.2. The molecule has 5 heavy (non-hydrogen) atoms. The van der Waals surface area contributed by atoms with Crippen LogP contribution in [0.15, 0.2) is 0 Å². The van der Waals surface area contributed by atoms with Gasteiger partial charge < -0.3 is 6.15 Å². The van der Waals surface area contributed by atoms with Gasteiger partial charge in [0, 0.05) is 0 Å². The lowest BCUT2D eigenvalue weighted by molar-refractivity contribution is 1.58. The Morgan fingerprint density at radius 3 is 1.60 bits per heavy atom. The molecule has 0 aliphatic carbocycles. The summed E-state index contributed by atoms with van der Waals surface area (Å²) >= 11 is 0. The third kappa shape index (κ3) is 9.90. The molecular formula is CH7N3O. The maximum absolute atomic E-state index is 8.11. The Bertz CT molecular complexity index is 27.9. The van der Waals surface area contributed by atoms with Crippen LogP contribution in [0.1, 0.15) is 7.43 Å². The van der Waals surface area contributed by atoms with E-state index < -0.39 is 0 Å². The molecule has 0 spiro atoms. The van der Waals surface area contributed by atoms with Crippen LogP contribution in [0.4, 0.5) is 0 Å². The summed E-state index contributed by atoms with van der Waals surface area (Å²) in [5, 5.41) is 0. The van der Waals surface area contributed by atoms with Gasteiger partial charge in [0.25, 0.3) is 0 Å². The molecule has 0 aromatic heterocycles. The average Bonchev–Trinajstić information content (AvgIpc) is 0.918. The number of nitroso groups, excluding NO2 is 1. The molecule has 0 saturated heterocycles. The van der Waals surface area contributed by atoms with E-state index in [-0.39, 0.29) is 13.6 Å². The highest BCUT2D eigenvalue weighted by molar-refractivity contribution is 3.92. The Morgan fingerprint density at radius 2 is 1.60 bits per heavy atom. The minimum absolute atomic E-state index is 0. The van der Waals surface area contributed by atoms with Gasteiger partial charge in [-0.3, -0.25) is 5.53 Å². The highest BCUT2D eigenvalue weighted by Gasteiger charge is 1.06. The molecule has 0 unspecified atom stereocenters. The molecule has 0 aliphatic heterocycles. The van der Waals surface area contributed by atoms with E-state index in [0.717, 1.165) is 0 Å². The van der Waals surface area contributed by atoms with Crippen molar-refractivity contribution in [3.63, 3.8) is 0 Å². The summed E-state index contributed by atoms with van der Waals surface area (Å²) in [5.74, 6) is 0. The van der Waals surface area contributed by atoms with Crippen molar-refractivity contribution in [1.82, 2.24) is 11.1 Å². The van der Waals surface area contributed by atoms with Crippen molar-refractivity contribution in [1.29, 1.82) is 0 Å². The van der Waals surface area contributed by atoms with Crippen LogP contribution in [0.2, 0.25) is 0 Å². The molecule has 32 valence electrons. The van der Waals surface area contributed by atoms with Crippen LogP contribution < -0.4 is 11.1 Å². The summed E-state index contributed by atoms with van der Waals surface area (Å²) in [6.07, 6.45) is 0. The zero-order chi connectivity index (χ0) is 2.71. The standard InChI is InChI=1S/CH4.N2O.H3N/c;1-2-3;/h1H4;;1H3. The van der Waals surface area contributed by atoms with Gasteiger partial charge >= 0.3 is 0 Å². The largest absolute Gasteiger partial charge is 0.344 e. The summed E-state index contributed by atoms with van der Waals surface area (Å²) in [6, 6.07) is 0. The number of nitrogens with zero attached hydrogens (tertiary/aromatic N) is 2. The quantitative estimate of drug-likeness (QED) is 0.339. The van der Waals surface area contributed by atoms with E-state index in [0.29, 0.717) is 0 Å². The molecule has 0 atom stereocenters. The molecule has 0 radical (unpaired) electrons. The van der Waals surface area contributed by atoms with Crippen molar-refractivity contribution in [3.8, 4) is 0 Å². The number of hydrogen-bond acceptors (Lipinski definition) is 2. The van der Waals surface area contributed by atoms with Crippen molar-refractivity contribution in [3.05, 3.63) is 10.4 Å². The van der Waals surface area contributed by atoms with Gasteiger partial charge in [-0.05, 0) is 0 Å². The molecule has 0 amide bonds. The Hall–Kier alpha value is -0.730. The van der Waals surface area contributed by atoms with Crippen LogP contribution >= 0.6 is 0 Å². The van der Waals surface area contributed by atoms with Crippen LogP contribution in [-0.4, -0.2) is 0 Å². The lowest BCUT2D eigenvalue weighted by Gasteiger charge is -0.999. The first-order chi connectivity index (χ1) is 1.41. The molecule has 0 aromatic carbocycles. The monoisotopic (exact) mass is 77.1 g/mol. The Labute approximate surface area is 30.3 Å². The van der Waals surface area contributed by atoms with Gasteiger partial charge in [-0.25, -0.2) is 0 Å². The SMILES string of the molecule is C.N.[N-]=[N+]=O. The van der Waals surface area contributed by atoms with Crippen LogP contribution in [0.3, 0.4) is 0 Å². The summed E-state index contributed by atoms with van der Waals surface area (Å²) in [5.41, 5.74) is 6.64. The van der Waals surface area contributed by atoms with Crippen molar-refractivity contribution in [2.45, 2.75) is 7.43 Å². The molecule has 0 aromatic rings. The summed E-state index contributed by atoms with van der Waals surface area (Å²) < 4.78 is 0. The van der Waals surface area contributed by atoms with E-state index in [4.69, 9.17) is 10.4 Å². The molecular weight excluding hydrogens is 70.0 g/mol. The minimum Gasteiger partial charge on any atom is -0.344 e. The normalized spacial score (nSPS) is 1.60. The first-order valence-corrected chi connectivity index (χ1v) is 0.383. The third-order valence-corrected chi connectivity index (χ3v) is 0. The molecule has 4 heteroatoms. The van der Waals surface area contributed by atoms with Crippen molar-refractivity contribution < 1.29 is 0 Å². The van der Waals surface area contributed by atoms with Crippen molar-refractivity contribution >= 4 is 0 Å². The first kappa shape index (κ1) is 28.3. The molecule has 4 nitrogen and oxygen atoms in total. The number of rotatable bonds is 0. The topological polar surface area (TPSA) is 88.5 Å². The second kappa shape index (κ2) is 231. The average molecular weight is 77.1 g/mol. The fraction of sp³-hybridized carbons (Fsp3) is 1.00. The molecule has 0 fully saturated rings. The predicted octanol–water partition coefficient (Wildman–Crippen LogP) is 0.640. The molecule has 0 bridgehead atoms. The molecule has 0 heterocycles. The van der Waals surface area contributed by atoms with E-state index in [1.807, 2.05) is 0 Å². The lowest BCUT2D eigenvalue weighted by Crippen LogP contribution is -1.21. The minimum atomic E-state index is 0. The Morgan fingerprint density at radius 1 is 1.60 bits per heavy atom. The third-order valence-electron chi connectivity index (χ3n) is 0. The van der Waals surface area contributed by atoms with Gasteiger partial charge in [-0.15, -0.1) is 0 Å². The van der Waals surface area contributed by atoms with Gasteiger partial charge in [0.1, 0.15) is 4.97 Å². The molecule has 0 rings (SSSR count). The number of hydrogen-bond donors (Lipinski definition) is 1. The van der Waals surface area contributed by atoms with E-state index in [1.165, 1.54) is 4.97 Å². The summed E-state index contributed by atoms with van der Waals surface area (Å²) in [4.78, 5) is 9.36. The van der Waals surface area contributed by atoms with E-state index in [9.17, 15) is 0 Å². The highest BCUT2D eigenvalue weighted by Crippen LogP contribution is 0.905. The molecule has 0 aliphatic rings. The van der Waals surface area contributed by atoms with E-state index in [2.05, 4.69) is 0 Å². The second-order valence-electron chi connectivity index (χ2n) is 0.0816. The smallest absolute Gasteiger partial charge is 0.151 e. The lowest BCUT2D eigenvalue weighted by atomic mass is 12.0. The fourth-order valence-electron chi connectivity index (χ4n) is 0. The molecule has 0 saturated carbocycles. The fourth-order valence-corrected chi connectivity index (χ4v) is 0. The van der Waals surface area contributed by atoms with Gasteiger partial charge in [0.2, 0.25) is 0 Å².